The molecule has 0 aliphatic carbocycles. The summed E-state index contributed by atoms with van der Waals surface area (Å²) in [6.07, 6.45) is 0. The summed E-state index contributed by atoms with van der Waals surface area (Å²) in [4.78, 5) is 62.4. The molecule has 0 aliphatic rings. The van der Waals surface area contributed by atoms with E-state index >= 15 is 0 Å². The average Bonchev–Trinajstić information content (AvgIpc) is 1.12. The molecule has 64 valence electrons. The Bertz CT molecular complexity index is 60.0. The molecule has 12 heteroatoms. The molecule has 0 bridgehead atoms. The Morgan fingerprint density at radius 1 is 0.750 bits per heavy atom. The van der Waals surface area contributed by atoms with Gasteiger partial charge in [0.1, 0.15) is 0 Å². The van der Waals surface area contributed by atoms with Crippen LogP contribution in [0.3, 0.4) is 0 Å². The summed E-state index contributed by atoms with van der Waals surface area (Å²) in [7, 11) is -9.97. The summed E-state index contributed by atoms with van der Waals surface area (Å²) in [6.45, 7) is 0. The summed E-state index contributed by atoms with van der Waals surface area (Å²) < 4.78 is 0. The van der Waals surface area contributed by atoms with E-state index in [2.05, 4.69) is 0 Å². The van der Waals surface area contributed by atoms with Crippen LogP contribution in [-0.4, -0.2) is 65.1 Å². The van der Waals surface area contributed by atoms with Crippen LogP contribution in [0.25, 0.3) is 0 Å². The van der Waals surface area contributed by atoms with Gasteiger partial charge in [0.2, 0.25) is 0 Å². The molecule has 0 radical (unpaired) electrons. The van der Waals surface area contributed by atoms with Crippen molar-refractivity contribution in [1.82, 2.24) is 0 Å². The summed E-state index contributed by atoms with van der Waals surface area (Å²) in [5.74, 6) is 0. The molecule has 0 aromatic rings. The third kappa shape index (κ3) is 577. The van der Waals surface area contributed by atoms with Gasteiger partial charge >= 0.3 is 51.0 Å². The van der Waals surface area contributed by atoms with Crippen LogP contribution < -0.4 is 33.2 Å². The van der Waals surface area contributed by atoms with Crippen LogP contribution >= 0.6 is 0 Å². The second-order valence-corrected chi connectivity index (χ2v) is 3.37. The summed E-state index contributed by atoms with van der Waals surface area (Å²) in [5, 5.41) is 0. The van der Waals surface area contributed by atoms with Crippen molar-refractivity contribution in [1.29, 1.82) is 0 Å². The van der Waals surface area contributed by atoms with Gasteiger partial charge in [-0.15, -0.1) is 9.05 Å². The molecule has 0 unspecified atom stereocenters. The fraction of sp³-hybridized carbons (Fsp3) is 0. The molecule has 0 heterocycles. The predicted octanol–water partition coefficient (Wildman–Crippen LogP) is -10.5. The summed E-state index contributed by atoms with van der Waals surface area (Å²) in [5.41, 5.74) is 0. The SMILES string of the molecule is O[Si](O)(O)O.[Li+].[Mg+2].[O-][Si]([O-])([O-])O. The van der Waals surface area contributed by atoms with E-state index in [-0.39, 0.29) is 41.9 Å². The van der Waals surface area contributed by atoms with Gasteiger partial charge < -0.3 is 38.4 Å². The molecular formula is H5LiMgO8Si2. The van der Waals surface area contributed by atoms with Crippen LogP contribution in [0, 0.1) is 0 Å². The fourth-order valence-corrected chi connectivity index (χ4v) is 0. The standard InChI is InChI=1S/Li.Mg.H4O4Si.HO4Si/c;;2*1-5(2,3)4/h;;1-4H;1H/q+1;+2;;-3. The Morgan fingerprint density at radius 2 is 0.750 bits per heavy atom. The topological polar surface area (TPSA) is 170 Å². The Morgan fingerprint density at radius 3 is 0.750 bits per heavy atom. The largest absolute Gasteiger partial charge is 2.00 e. The Hall–Kier alpha value is 1.48. The van der Waals surface area contributed by atoms with Gasteiger partial charge in [-0.25, -0.2) is 0 Å². The van der Waals surface area contributed by atoms with Crippen LogP contribution in [0.2, 0.25) is 0 Å². The Balaban J connectivity index is -0.0000000457. The smallest absolute Gasteiger partial charge is 0.861 e. The predicted molar refractivity (Wildman–Crippen MR) is 28.4 cm³/mol. The van der Waals surface area contributed by atoms with Crippen molar-refractivity contribution >= 4 is 41.1 Å². The minimum Gasteiger partial charge on any atom is -0.861 e. The van der Waals surface area contributed by atoms with Crippen LogP contribution in [0.5, 0.6) is 0 Å². The third-order valence-electron chi connectivity index (χ3n) is 0. The molecule has 0 saturated carbocycles. The quantitative estimate of drug-likeness (QED) is 0.250. The molecule has 0 aromatic carbocycles. The zero-order valence-electron chi connectivity index (χ0n) is 6.17. The van der Waals surface area contributed by atoms with E-state index in [1.54, 1.807) is 0 Å². The third-order valence-corrected chi connectivity index (χ3v) is 0. The minimum absolute atomic E-state index is 0. The monoisotopic (exact) mass is 220 g/mol. The maximum Gasteiger partial charge on any atom is 2.00 e. The molecule has 12 heavy (non-hydrogen) atoms. The van der Waals surface area contributed by atoms with E-state index in [1.807, 2.05) is 0 Å². The second kappa shape index (κ2) is 9.05. The molecule has 5 N–H and O–H groups in total. The van der Waals surface area contributed by atoms with Gasteiger partial charge in [-0.2, -0.15) is 0 Å². The molecule has 0 amide bonds. The van der Waals surface area contributed by atoms with Crippen LogP contribution in [0.15, 0.2) is 0 Å². The normalized spacial score (nSPS) is 10.0. The molecule has 0 atom stereocenters. The molecule has 0 spiro atoms. The van der Waals surface area contributed by atoms with Gasteiger partial charge in [-0.1, -0.05) is 0 Å². The van der Waals surface area contributed by atoms with Crippen LogP contribution in [0.4, 0.5) is 0 Å². The van der Waals surface area contributed by atoms with E-state index in [4.69, 9.17) is 38.4 Å². The zero-order valence-corrected chi connectivity index (χ0v) is 9.58. The first-order valence-corrected chi connectivity index (χ1v) is 5.19. The molecule has 0 rings (SSSR count). The van der Waals surface area contributed by atoms with Crippen molar-refractivity contribution in [2.75, 3.05) is 0 Å². The summed E-state index contributed by atoms with van der Waals surface area (Å²) >= 11 is 0. The number of rotatable bonds is 0. The van der Waals surface area contributed by atoms with Gasteiger partial charge in [0.25, 0.3) is 0 Å². The zero-order chi connectivity index (χ0) is 9.00. The number of hydrogen-bond acceptors (Lipinski definition) is 8. The van der Waals surface area contributed by atoms with Gasteiger partial charge in [-0.3, -0.25) is 0 Å². The average molecular weight is 220 g/mol. The van der Waals surface area contributed by atoms with Crippen LogP contribution in [-0.2, 0) is 0 Å². The van der Waals surface area contributed by atoms with Gasteiger partial charge in [-0.05, 0) is 0 Å². The van der Waals surface area contributed by atoms with Crippen LogP contribution in [0.1, 0.15) is 0 Å². The summed E-state index contributed by atoms with van der Waals surface area (Å²) in [6, 6.07) is 0. The number of hydrogen-bond donors (Lipinski definition) is 5. The van der Waals surface area contributed by atoms with Gasteiger partial charge in [0, 0.05) is 0 Å². The first kappa shape index (κ1) is 23.4. The fourth-order valence-electron chi connectivity index (χ4n) is 0. The van der Waals surface area contributed by atoms with E-state index in [0.717, 1.165) is 0 Å². The van der Waals surface area contributed by atoms with Gasteiger partial charge in [0.05, 0.1) is 0 Å². The Labute approximate surface area is 98.1 Å². The van der Waals surface area contributed by atoms with Crippen molar-refractivity contribution < 1.29 is 57.2 Å². The maximum absolute atomic E-state index is 8.69. The first-order valence-electron chi connectivity index (χ1n) is 1.73. The molecular weight excluding hydrogens is 215 g/mol. The van der Waals surface area contributed by atoms with Crippen molar-refractivity contribution in [3.63, 3.8) is 0 Å². The van der Waals surface area contributed by atoms with Crippen molar-refractivity contribution in [3.05, 3.63) is 0 Å². The molecule has 0 fully saturated rings. The molecule has 0 aromatic heterocycles. The van der Waals surface area contributed by atoms with Crippen molar-refractivity contribution in [2.24, 2.45) is 0 Å². The molecule has 0 aliphatic heterocycles. The first-order chi connectivity index (χ1) is 4.00. The molecule has 0 saturated heterocycles. The van der Waals surface area contributed by atoms with Crippen molar-refractivity contribution in [3.8, 4) is 0 Å². The minimum atomic E-state index is -5.36. The maximum atomic E-state index is 8.69. The Kier molecular flexibility index (Phi) is 17.6. The van der Waals surface area contributed by atoms with Crippen molar-refractivity contribution in [2.45, 2.75) is 0 Å². The van der Waals surface area contributed by atoms with E-state index in [0.29, 0.717) is 0 Å². The van der Waals surface area contributed by atoms with Gasteiger partial charge in [0.15, 0.2) is 0 Å². The second-order valence-electron chi connectivity index (χ2n) is 1.12. The van der Waals surface area contributed by atoms with E-state index < -0.39 is 18.1 Å². The van der Waals surface area contributed by atoms with E-state index in [1.165, 1.54) is 0 Å². The molecule has 8 nitrogen and oxygen atoms in total. The van der Waals surface area contributed by atoms with E-state index in [9.17, 15) is 0 Å².